The summed E-state index contributed by atoms with van der Waals surface area (Å²) >= 11 is 0. The number of carbonyl (C=O) groups is 2. The lowest BCUT2D eigenvalue weighted by atomic mass is 9.99. The van der Waals surface area contributed by atoms with Crippen LogP contribution in [0.4, 0.5) is 15.3 Å². The smallest absolute Gasteiger partial charge is 0.416 e. The van der Waals surface area contributed by atoms with Gasteiger partial charge < -0.3 is 10.2 Å². The lowest BCUT2D eigenvalue weighted by Gasteiger charge is -2.27. The van der Waals surface area contributed by atoms with E-state index in [1.165, 1.54) is 6.20 Å². The van der Waals surface area contributed by atoms with Crippen molar-refractivity contribution in [3.8, 4) is 0 Å². The molecule has 96 valence electrons. The molecule has 0 saturated heterocycles. The molecule has 0 spiro atoms. The molecular weight excluding hydrogens is 248 g/mol. The van der Waals surface area contributed by atoms with Crippen molar-refractivity contribution in [1.29, 1.82) is 0 Å². The Balaban J connectivity index is 2.18. The zero-order valence-corrected chi connectivity index (χ0v) is 9.78. The molecule has 19 heavy (non-hydrogen) atoms. The van der Waals surface area contributed by atoms with E-state index in [4.69, 9.17) is 5.11 Å². The summed E-state index contributed by atoms with van der Waals surface area (Å²) in [5.41, 5.74) is 2.42. The third-order valence-electron chi connectivity index (χ3n) is 3.19. The second-order valence-corrected chi connectivity index (χ2v) is 4.20. The molecule has 1 aromatic rings. The summed E-state index contributed by atoms with van der Waals surface area (Å²) < 4.78 is 0. The van der Waals surface area contributed by atoms with Crippen LogP contribution < -0.4 is 4.90 Å². The highest BCUT2D eigenvalue weighted by molar-refractivity contribution is 6.01. The molecule has 0 aromatic heterocycles. The second-order valence-electron chi connectivity index (χ2n) is 4.20. The first-order valence-corrected chi connectivity index (χ1v) is 5.64. The van der Waals surface area contributed by atoms with Gasteiger partial charge in [-0.05, 0) is 6.07 Å². The average molecular weight is 258 g/mol. The minimum atomic E-state index is -1.14. The van der Waals surface area contributed by atoms with Crippen LogP contribution >= 0.6 is 0 Å². The van der Waals surface area contributed by atoms with Gasteiger partial charge in [0.15, 0.2) is 0 Å². The molecule has 0 atom stereocenters. The van der Waals surface area contributed by atoms with E-state index < -0.39 is 12.2 Å². The summed E-state index contributed by atoms with van der Waals surface area (Å²) in [4.78, 5) is 24.6. The van der Waals surface area contributed by atoms with Crippen molar-refractivity contribution in [3.05, 3.63) is 47.8 Å². The van der Waals surface area contributed by atoms with Gasteiger partial charge in [0, 0.05) is 23.9 Å². The van der Waals surface area contributed by atoms with Gasteiger partial charge in [0.2, 0.25) is 0 Å². The summed E-state index contributed by atoms with van der Waals surface area (Å²) in [5.74, 6) is 0. The summed E-state index contributed by atoms with van der Waals surface area (Å²) in [6.45, 7) is 0.234. The Labute approximate surface area is 108 Å². The van der Waals surface area contributed by atoms with Crippen molar-refractivity contribution < 1.29 is 19.8 Å². The molecule has 0 bridgehead atoms. The van der Waals surface area contributed by atoms with Crippen LogP contribution in [0.3, 0.4) is 0 Å². The highest BCUT2D eigenvalue weighted by atomic mass is 16.4. The topological polar surface area (TPSA) is 81.1 Å². The van der Waals surface area contributed by atoms with Crippen molar-refractivity contribution >= 4 is 23.4 Å². The van der Waals surface area contributed by atoms with Crippen LogP contribution in [0, 0.1) is 0 Å². The Morgan fingerprint density at radius 2 is 1.84 bits per heavy atom. The molecule has 6 nitrogen and oxygen atoms in total. The summed E-state index contributed by atoms with van der Waals surface area (Å²) in [7, 11) is 0. The molecule has 0 unspecified atom stereocenters. The van der Waals surface area contributed by atoms with Gasteiger partial charge in [0.1, 0.15) is 0 Å². The molecule has 2 aliphatic heterocycles. The molecule has 6 heteroatoms. The van der Waals surface area contributed by atoms with E-state index in [9.17, 15) is 14.7 Å². The summed E-state index contributed by atoms with van der Waals surface area (Å²) in [6, 6.07) is 7.03. The maximum atomic E-state index is 11.3. The van der Waals surface area contributed by atoms with Gasteiger partial charge in [0.25, 0.3) is 0 Å². The average Bonchev–Trinajstić information content (AvgIpc) is 2.81. The van der Waals surface area contributed by atoms with E-state index >= 15 is 0 Å². The first kappa shape index (κ1) is 11.3. The Morgan fingerprint density at radius 1 is 1.11 bits per heavy atom. The number of hydrogen-bond acceptors (Lipinski definition) is 2. The monoisotopic (exact) mass is 258 g/mol. The maximum absolute atomic E-state index is 11.3. The molecule has 0 radical (unpaired) electrons. The number of fused-ring (bicyclic) bond motifs is 3. The minimum absolute atomic E-state index is 0.234. The van der Waals surface area contributed by atoms with E-state index in [1.54, 1.807) is 30.3 Å². The van der Waals surface area contributed by atoms with Crippen molar-refractivity contribution in [1.82, 2.24) is 4.90 Å². The van der Waals surface area contributed by atoms with Gasteiger partial charge in [-0.1, -0.05) is 24.3 Å². The number of amides is 2. The van der Waals surface area contributed by atoms with Gasteiger partial charge in [-0.3, -0.25) is 9.80 Å². The third-order valence-corrected chi connectivity index (χ3v) is 3.19. The largest absolute Gasteiger partial charge is 0.465 e. The molecular formula is C13H10N2O4. The number of rotatable bonds is 0. The second kappa shape index (κ2) is 3.88. The van der Waals surface area contributed by atoms with Gasteiger partial charge in [-0.25, -0.2) is 9.59 Å². The number of allylic oxidation sites excluding steroid dienone is 1. The Bertz CT molecular complexity index is 648. The SMILES string of the molecule is O=C(O)N1CC=C2C1=CN(C(=O)O)c1ccccc12. The molecule has 0 saturated carbocycles. The Morgan fingerprint density at radius 3 is 2.53 bits per heavy atom. The lowest BCUT2D eigenvalue weighted by Crippen LogP contribution is -2.32. The van der Waals surface area contributed by atoms with Crippen LogP contribution in [0.25, 0.3) is 5.57 Å². The van der Waals surface area contributed by atoms with E-state index in [-0.39, 0.29) is 6.54 Å². The Hall–Kier alpha value is -2.76. The van der Waals surface area contributed by atoms with E-state index in [0.717, 1.165) is 20.9 Å². The normalized spacial score (nSPS) is 16.4. The highest BCUT2D eigenvalue weighted by Crippen LogP contribution is 2.41. The first-order valence-electron chi connectivity index (χ1n) is 5.64. The predicted molar refractivity (Wildman–Crippen MR) is 67.7 cm³/mol. The number of benzene rings is 1. The van der Waals surface area contributed by atoms with Crippen molar-refractivity contribution in [2.24, 2.45) is 0 Å². The molecule has 2 heterocycles. The van der Waals surface area contributed by atoms with Crippen LogP contribution in [0.2, 0.25) is 0 Å². The van der Waals surface area contributed by atoms with E-state index in [2.05, 4.69) is 0 Å². The molecule has 1 aromatic carbocycles. The van der Waals surface area contributed by atoms with Crippen LogP contribution in [0.1, 0.15) is 5.56 Å². The van der Waals surface area contributed by atoms with Crippen molar-refractivity contribution in [2.45, 2.75) is 0 Å². The number of anilines is 1. The van der Waals surface area contributed by atoms with Crippen LogP contribution in [-0.2, 0) is 0 Å². The van der Waals surface area contributed by atoms with Crippen LogP contribution in [0.5, 0.6) is 0 Å². The zero-order valence-electron chi connectivity index (χ0n) is 9.78. The number of carboxylic acid groups (broad SMARTS) is 2. The fourth-order valence-electron chi connectivity index (χ4n) is 2.36. The van der Waals surface area contributed by atoms with Gasteiger partial charge in [0.05, 0.1) is 11.4 Å². The predicted octanol–water partition coefficient (Wildman–Crippen LogP) is 2.40. The number of nitrogens with zero attached hydrogens (tertiary/aromatic N) is 2. The first-order chi connectivity index (χ1) is 9.09. The molecule has 0 fully saturated rings. The van der Waals surface area contributed by atoms with Crippen LogP contribution in [0.15, 0.2) is 42.2 Å². The van der Waals surface area contributed by atoms with Gasteiger partial charge in [-0.2, -0.15) is 0 Å². The standard InChI is InChI=1S/C13H10N2O4/c16-12(17)14-6-5-9-8-3-1-2-4-10(8)15(13(18)19)7-11(9)14/h1-5,7H,6H2,(H,16,17)(H,18,19). The summed E-state index contributed by atoms with van der Waals surface area (Å²) in [5, 5.41) is 18.3. The van der Waals surface area contributed by atoms with E-state index in [1.807, 2.05) is 0 Å². The summed E-state index contributed by atoms with van der Waals surface area (Å²) in [6.07, 6.45) is 0.897. The van der Waals surface area contributed by atoms with Gasteiger partial charge >= 0.3 is 12.2 Å². The van der Waals surface area contributed by atoms with Gasteiger partial charge in [-0.15, -0.1) is 0 Å². The molecule has 0 aliphatic carbocycles. The fraction of sp³-hybridized carbons (Fsp3) is 0.0769. The number of para-hydroxylation sites is 1. The maximum Gasteiger partial charge on any atom is 0.416 e. The highest BCUT2D eigenvalue weighted by Gasteiger charge is 2.33. The minimum Gasteiger partial charge on any atom is -0.465 e. The lowest BCUT2D eigenvalue weighted by molar-refractivity contribution is 0.165. The number of hydrogen-bond donors (Lipinski definition) is 2. The fourth-order valence-corrected chi connectivity index (χ4v) is 2.36. The molecule has 2 aliphatic rings. The third kappa shape index (κ3) is 1.57. The molecule has 2 amide bonds. The van der Waals surface area contributed by atoms with Crippen molar-refractivity contribution in [2.75, 3.05) is 11.4 Å². The molecule has 2 N–H and O–H groups in total. The quantitative estimate of drug-likeness (QED) is 0.748. The Kier molecular flexibility index (Phi) is 2.31. The molecule has 3 rings (SSSR count). The van der Waals surface area contributed by atoms with E-state index in [0.29, 0.717) is 11.4 Å². The zero-order chi connectivity index (χ0) is 13.6. The van der Waals surface area contributed by atoms with Crippen LogP contribution in [-0.4, -0.2) is 33.8 Å². The van der Waals surface area contributed by atoms with Crippen molar-refractivity contribution in [3.63, 3.8) is 0 Å².